The number of nitro groups is 1. The molecule has 0 saturated carbocycles. The van der Waals surface area contributed by atoms with Gasteiger partial charge in [0.2, 0.25) is 0 Å². The van der Waals surface area contributed by atoms with Gasteiger partial charge in [0.25, 0.3) is 5.91 Å². The highest BCUT2D eigenvalue weighted by Gasteiger charge is 2.20. The van der Waals surface area contributed by atoms with Crippen LogP contribution >= 0.6 is 0 Å². The first-order valence-electron chi connectivity index (χ1n) is 5.36. The average molecular weight is 264 g/mol. The van der Waals surface area contributed by atoms with Gasteiger partial charge in [-0.15, -0.1) is 0 Å². The van der Waals surface area contributed by atoms with Gasteiger partial charge in [0.05, 0.1) is 13.2 Å². The average Bonchev–Trinajstić information content (AvgIpc) is 2.92. The van der Waals surface area contributed by atoms with Gasteiger partial charge in [0, 0.05) is 18.2 Å². The fourth-order valence-electron chi connectivity index (χ4n) is 1.64. The number of hydrogen-bond donors (Lipinski definition) is 3. The molecule has 1 amide bonds. The molecule has 0 atom stereocenters. The van der Waals surface area contributed by atoms with Crippen LogP contribution in [0.4, 0.5) is 11.6 Å². The maximum Gasteiger partial charge on any atom is 0.323 e. The highest BCUT2D eigenvalue weighted by molar-refractivity contribution is 5.93. The lowest BCUT2D eigenvalue weighted by Crippen LogP contribution is -2.25. The molecule has 100 valence electrons. The number of nitrogen functional groups attached to an aromatic ring is 1. The number of nitrogens with zero attached hydrogens (tertiary/aromatic N) is 3. The second-order valence-corrected chi connectivity index (χ2v) is 3.88. The van der Waals surface area contributed by atoms with Crippen LogP contribution < -0.4 is 11.1 Å². The monoisotopic (exact) mass is 264 g/mol. The fourth-order valence-corrected chi connectivity index (χ4v) is 1.64. The van der Waals surface area contributed by atoms with Gasteiger partial charge in [0.1, 0.15) is 5.82 Å². The second kappa shape index (κ2) is 4.80. The van der Waals surface area contributed by atoms with Crippen LogP contribution in [0.15, 0.2) is 18.3 Å². The largest absolute Gasteiger partial charge is 0.384 e. The SMILES string of the molecule is Cn1c(C(=O)NCc2cn[nH]c2N)ccc1[N+](=O)[O-]. The molecule has 0 saturated heterocycles. The molecule has 2 aromatic rings. The summed E-state index contributed by atoms with van der Waals surface area (Å²) in [5.41, 5.74) is 6.43. The van der Waals surface area contributed by atoms with Crippen LogP contribution in [-0.4, -0.2) is 25.6 Å². The van der Waals surface area contributed by atoms with Gasteiger partial charge in [-0.25, -0.2) is 4.57 Å². The zero-order valence-electron chi connectivity index (χ0n) is 10.1. The molecule has 2 heterocycles. The van der Waals surface area contributed by atoms with Crippen molar-refractivity contribution in [1.82, 2.24) is 20.1 Å². The lowest BCUT2D eigenvalue weighted by atomic mass is 10.3. The van der Waals surface area contributed by atoms with E-state index >= 15 is 0 Å². The Hall–Kier alpha value is -2.84. The summed E-state index contributed by atoms with van der Waals surface area (Å²) in [4.78, 5) is 22.0. The van der Waals surface area contributed by atoms with E-state index in [1.54, 1.807) is 0 Å². The number of carbonyl (C=O) groups excluding carboxylic acids is 1. The highest BCUT2D eigenvalue weighted by Crippen LogP contribution is 2.15. The molecule has 0 fully saturated rings. The van der Waals surface area contributed by atoms with Crippen LogP contribution in [0.5, 0.6) is 0 Å². The Morgan fingerprint density at radius 2 is 2.37 bits per heavy atom. The first-order chi connectivity index (χ1) is 9.00. The molecule has 0 unspecified atom stereocenters. The predicted molar refractivity (Wildman–Crippen MR) is 66.2 cm³/mol. The number of nitrogens with one attached hydrogen (secondary N) is 2. The Morgan fingerprint density at radius 1 is 1.63 bits per heavy atom. The third-order valence-electron chi connectivity index (χ3n) is 2.71. The van der Waals surface area contributed by atoms with Crippen molar-refractivity contribution in [2.24, 2.45) is 7.05 Å². The molecule has 19 heavy (non-hydrogen) atoms. The van der Waals surface area contributed by atoms with Crippen molar-refractivity contribution < 1.29 is 9.72 Å². The van der Waals surface area contributed by atoms with Gasteiger partial charge in [-0.05, 0) is 11.0 Å². The number of rotatable bonds is 4. The number of aromatic nitrogens is 3. The van der Waals surface area contributed by atoms with E-state index in [2.05, 4.69) is 15.5 Å². The van der Waals surface area contributed by atoms with Crippen LogP contribution in [0, 0.1) is 10.1 Å². The normalized spacial score (nSPS) is 10.4. The van der Waals surface area contributed by atoms with Gasteiger partial charge in [0.15, 0.2) is 5.69 Å². The fraction of sp³-hybridized carbons (Fsp3) is 0.200. The summed E-state index contributed by atoms with van der Waals surface area (Å²) in [7, 11) is 1.46. The van der Waals surface area contributed by atoms with Crippen molar-refractivity contribution in [3.05, 3.63) is 39.7 Å². The quantitative estimate of drug-likeness (QED) is 0.535. The Bertz CT molecular complexity index is 629. The first-order valence-corrected chi connectivity index (χ1v) is 5.36. The van der Waals surface area contributed by atoms with E-state index in [4.69, 9.17) is 5.73 Å². The molecular formula is C10H12N6O3. The van der Waals surface area contributed by atoms with E-state index in [0.717, 1.165) is 0 Å². The van der Waals surface area contributed by atoms with Crippen molar-refractivity contribution in [3.8, 4) is 0 Å². The molecule has 2 rings (SSSR count). The molecule has 0 radical (unpaired) electrons. The summed E-state index contributed by atoms with van der Waals surface area (Å²) >= 11 is 0. The third kappa shape index (κ3) is 2.39. The predicted octanol–water partition coefficient (Wildman–Crippen LogP) is 0.169. The minimum Gasteiger partial charge on any atom is -0.384 e. The van der Waals surface area contributed by atoms with Crippen LogP contribution in [0.2, 0.25) is 0 Å². The zero-order chi connectivity index (χ0) is 14.0. The molecule has 0 spiro atoms. The maximum absolute atomic E-state index is 11.9. The standard InChI is InChI=1S/C10H12N6O3/c1-15-7(2-3-8(15)16(18)19)10(17)12-4-6-5-13-14-9(6)11/h2-3,5H,4H2,1H3,(H,12,17)(H3,11,13,14). The molecule has 4 N–H and O–H groups in total. The smallest absolute Gasteiger partial charge is 0.323 e. The minimum absolute atomic E-state index is 0.145. The third-order valence-corrected chi connectivity index (χ3v) is 2.71. The van der Waals surface area contributed by atoms with E-state index in [0.29, 0.717) is 11.4 Å². The highest BCUT2D eigenvalue weighted by atomic mass is 16.6. The number of hydrogen-bond acceptors (Lipinski definition) is 5. The summed E-state index contributed by atoms with van der Waals surface area (Å²) in [6.07, 6.45) is 1.50. The van der Waals surface area contributed by atoms with Crippen molar-refractivity contribution in [2.75, 3.05) is 5.73 Å². The summed E-state index contributed by atoms with van der Waals surface area (Å²) in [5, 5.41) is 19.5. The van der Waals surface area contributed by atoms with Gasteiger partial charge >= 0.3 is 5.82 Å². The second-order valence-electron chi connectivity index (χ2n) is 3.88. The lowest BCUT2D eigenvalue weighted by Gasteiger charge is -2.03. The molecule has 2 aromatic heterocycles. The van der Waals surface area contributed by atoms with Crippen molar-refractivity contribution in [1.29, 1.82) is 0 Å². The molecule has 9 nitrogen and oxygen atoms in total. The maximum atomic E-state index is 11.9. The van der Waals surface area contributed by atoms with Crippen molar-refractivity contribution in [2.45, 2.75) is 6.54 Å². The van der Waals surface area contributed by atoms with Crippen LogP contribution in [0.3, 0.4) is 0 Å². The van der Waals surface area contributed by atoms with E-state index in [1.807, 2.05) is 0 Å². The van der Waals surface area contributed by atoms with Crippen molar-refractivity contribution >= 4 is 17.5 Å². The molecule has 0 bridgehead atoms. The van der Waals surface area contributed by atoms with E-state index in [1.165, 1.54) is 29.9 Å². The molecule has 0 aliphatic rings. The summed E-state index contributed by atoms with van der Waals surface area (Å²) in [6.45, 7) is 0.195. The van der Waals surface area contributed by atoms with Crippen molar-refractivity contribution in [3.63, 3.8) is 0 Å². The van der Waals surface area contributed by atoms with E-state index in [-0.39, 0.29) is 18.1 Å². The van der Waals surface area contributed by atoms with Gasteiger partial charge in [-0.1, -0.05) is 0 Å². The minimum atomic E-state index is -0.551. The lowest BCUT2D eigenvalue weighted by molar-refractivity contribution is -0.391. The number of carbonyl (C=O) groups is 1. The Morgan fingerprint density at radius 3 is 2.89 bits per heavy atom. The first kappa shape index (κ1) is 12.6. The Kier molecular flexibility index (Phi) is 3.19. The van der Waals surface area contributed by atoms with Gasteiger partial charge < -0.3 is 21.2 Å². The molecule has 0 aliphatic heterocycles. The molecule has 0 aromatic carbocycles. The molecule has 0 aliphatic carbocycles. The summed E-state index contributed by atoms with van der Waals surface area (Å²) in [5.74, 6) is -0.192. The molecular weight excluding hydrogens is 252 g/mol. The number of amides is 1. The number of aromatic amines is 1. The Labute approximate surface area is 107 Å². The zero-order valence-corrected chi connectivity index (χ0v) is 10.1. The molecule has 9 heteroatoms. The van der Waals surface area contributed by atoms with Crippen LogP contribution in [-0.2, 0) is 13.6 Å². The van der Waals surface area contributed by atoms with Crippen LogP contribution in [0.25, 0.3) is 0 Å². The number of anilines is 1. The van der Waals surface area contributed by atoms with E-state index < -0.39 is 10.8 Å². The van der Waals surface area contributed by atoms with Gasteiger partial charge in [-0.2, -0.15) is 5.10 Å². The number of nitrogens with two attached hydrogens (primary N) is 1. The van der Waals surface area contributed by atoms with Gasteiger partial charge in [-0.3, -0.25) is 9.89 Å². The topological polar surface area (TPSA) is 132 Å². The van der Waals surface area contributed by atoms with Crippen LogP contribution in [0.1, 0.15) is 16.1 Å². The summed E-state index contributed by atoms with van der Waals surface area (Å²) in [6, 6.07) is 2.67. The summed E-state index contributed by atoms with van der Waals surface area (Å²) < 4.78 is 1.22. The Balaban J connectivity index is 2.08. The number of H-pyrrole nitrogens is 1. The van der Waals surface area contributed by atoms with E-state index in [9.17, 15) is 14.9 Å².